The monoisotopic (exact) mass is 229 g/mol. The van der Waals surface area contributed by atoms with Gasteiger partial charge in [0.2, 0.25) is 0 Å². The van der Waals surface area contributed by atoms with E-state index in [-0.39, 0.29) is 0 Å². The van der Waals surface area contributed by atoms with Gasteiger partial charge in [-0.3, -0.25) is 4.90 Å². The van der Waals surface area contributed by atoms with Crippen LogP contribution in [0.2, 0.25) is 0 Å². The molecule has 0 radical (unpaired) electrons. The van der Waals surface area contributed by atoms with E-state index >= 15 is 0 Å². The maximum absolute atomic E-state index is 4.63. The van der Waals surface area contributed by atoms with Gasteiger partial charge in [-0.25, -0.2) is 4.98 Å². The summed E-state index contributed by atoms with van der Waals surface area (Å²) in [4.78, 5) is 10.5. The molecule has 1 aromatic heterocycles. The maximum Gasteiger partial charge on any atom is 0.121 e. The molecule has 0 unspecified atom stereocenters. The van der Waals surface area contributed by atoms with E-state index in [4.69, 9.17) is 0 Å². The number of aromatic nitrogens is 2. The number of H-pyrrole nitrogens is 1. The standard InChI is InChI=1S/C14H19N3/c1-11-6-8-17(9-7-11)10-14-15-12-4-2-3-5-13(12)16-14/h2-5,11H,6-10H2,1H3,(H,15,16). The molecular formula is C14H19N3. The smallest absolute Gasteiger partial charge is 0.121 e. The van der Waals surface area contributed by atoms with Gasteiger partial charge in [-0.1, -0.05) is 19.1 Å². The summed E-state index contributed by atoms with van der Waals surface area (Å²) < 4.78 is 0. The van der Waals surface area contributed by atoms with Crippen LogP contribution in [-0.4, -0.2) is 28.0 Å². The summed E-state index contributed by atoms with van der Waals surface area (Å²) in [7, 11) is 0. The number of fused-ring (bicyclic) bond motifs is 1. The SMILES string of the molecule is CC1CCN(Cc2nc3ccccc3[nH]2)CC1. The average Bonchev–Trinajstić information content (AvgIpc) is 2.74. The quantitative estimate of drug-likeness (QED) is 0.858. The largest absolute Gasteiger partial charge is 0.341 e. The second-order valence-corrected chi connectivity index (χ2v) is 5.16. The molecule has 1 aliphatic heterocycles. The lowest BCUT2D eigenvalue weighted by molar-refractivity contribution is 0.182. The summed E-state index contributed by atoms with van der Waals surface area (Å²) in [6, 6.07) is 8.24. The Morgan fingerprint density at radius 1 is 1.29 bits per heavy atom. The number of rotatable bonds is 2. The normalized spacial score (nSPS) is 18.9. The molecule has 1 aromatic carbocycles. The lowest BCUT2D eigenvalue weighted by Gasteiger charge is -2.29. The summed E-state index contributed by atoms with van der Waals surface area (Å²) in [5.41, 5.74) is 2.22. The van der Waals surface area contributed by atoms with Gasteiger partial charge >= 0.3 is 0 Å². The van der Waals surface area contributed by atoms with Gasteiger partial charge in [-0.05, 0) is 44.0 Å². The molecule has 90 valence electrons. The Morgan fingerprint density at radius 2 is 2.06 bits per heavy atom. The Bertz CT molecular complexity index is 462. The lowest BCUT2D eigenvalue weighted by Crippen LogP contribution is -2.32. The van der Waals surface area contributed by atoms with Gasteiger partial charge in [-0.15, -0.1) is 0 Å². The Morgan fingerprint density at radius 3 is 2.82 bits per heavy atom. The van der Waals surface area contributed by atoms with E-state index in [1.165, 1.54) is 25.9 Å². The van der Waals surface area contributed by atoms with Crippen molar-refractivity contribution in [1.29, 1.82) is 0 Å². The highest BCUT2D eigenvalue weighted by Crippen LogP contribution is 2.18. The first kappa shape index (κ1) is 10.8. The second-order valence-electron chi connectivity index (χ2n) is 5.16. The average molecular weight is 229 g/mol. The van der Waals surface area contributed by atoms with Crippen molar-refractivity contribution < 1.29 is 0 Å². The van der Waals surface area contributed by atoms with Gasteiger partial charge in [-0.2, -0.15) is 0 Å². The molecule has 1 saturated heterocycles. The zero-order chi connectivity index (χ0) is 11.7. The fourth-order valence-corrected chi connectivity index (χ4v) is 2.51. The van der Waals surface area contributed by atoms with Crippen molar-refractivity contribution in [3.63, 3.8) is 0 Å². The van der Waals surface area contributed by atoms with Crippen molar-refractivity contribution in [1.82, 2.24) is 14.9 Å². The third-order valence-electron chi connectivity index (χ3n) is 3.69. The molecule has 3 rings (SSSR count). The zero-order valence-electron chi connectivity index (χ0n) is 10.3. The summed E-state index contributed by atoms with van der Waals surface area (Å²) >= 11 is 0. The van der Waals surface area contributed by atoms with E-state index in [9.17, 15) is 0 Å². The number of aromatic amines is 1. The number of benzene rings is 1. The highest BCUT2D eigenvalue weighted by molar-refractivity contribution is 5.74. The van der Waals surface area contributed by atoms with Gasteiger partial charge in [0.15, 0.2) is 0 Å². The van der Waals surface area contributed by atoms with Gasteiger partial charge in [0.1, 0.15) is 5.82 Å². The highest BCUT2D eigenvalue weighted by Gasteiger charge is 2.16. The summed E-state index contributed by atoms with van der Waals surface area (Å²) in [5, 5.41) is 0. The van der Waals surface area contributed by atoms with Crippen molar-refractivity contribution in [2.24, 2.45) is 5.92 Å². The molecule has 2 aromatic rings. The number of hydrogen-bond donors (Lipinski definition) is 1. The molecule has 3 heteroatoms. The first-order chi connectivity index (χ1) is 8.31. The Kier molecular flexibility index (Phi) is 2.85. The van der Waals surface area contributed by atoms with E-state index in [0.717, 1.165) is 29.3 Å². The zero-order valence-corrected chi connectivity index (χ0v) is 10.3. The van der Waals surface area contributed by atoms with Gasteiger partial charge < -0.3 is 4.98 Å². The van der Waals surface area contributed by atoms with Crippen LogP contribution < -0.4 is 0 Å². The molecule has 0 amide bonds. The number of nitrogens with zero attached hydrogens (tertiary/aromatic N) is 2. The molecule has 1 fully saturated rings. The van der Waals surface area contributed by atoms with Crippen LogP contribution in [0, 0.1) is 5.92 Å². The number of piperidine rings is 1. The van der Waals surface area contributed by atoms with Gasteiger partial charge in [0, 0.05) is 0 Å². The molecule has 0 bridgehead atoms. The van der Waals surface area contributed by atoms with Crippen molar-refractivity contribution in [2.75, 3.05) is 13.1 Å². The molecule has 0 spiro atoms. The minimum absolute atomic E-state index is 0.891. The second kappa shape index (κ2) is 4.49. The van der Waals surface area contributed by atoms with Crippen molar-refractivity contribution in [3.8, 4) is 0 Å². The fraction of sp³-hybridized carbons (Fsp3) is 0.500. The van der Waals surface area contributed by atoms with Crippen molar-refractivity contribution in [2.45, 2.75) is 26.3 Å². The Labute approximate surface area is 102 Å². The Hall–Kier alpha value is -1.35. The van der Waals surface area contributed by atoms with E-state index in [1.54, 1.807) is 0 Å². The van der Waals surface area contributed by atoms with Crippen LogP contribution in [0.3, 0.4) is 0 Å². The molecule has 1 N–H and O–H groups in total. The van der Waals surface area contributed by atoms with Crippen LogP contribution in [0.15, 0.2) is 24.3 Å². The predicted octanol–water partition coefficient (Wildman–Crippen LogP) is 2.79. The first-order valence-corrected chi connectivity index (χ1v) is 6.47. The summed E-state index contributed by atoms with van der Waals surface area (Å²) in [6.45, 7) is 5.72. The van der Waals surface area contributed by atoms with Crippen LogP contribution in [0.25, 0.3) is 11.0 Å². The molecule has 1 aliphatic rings. The molecule has 17 heavy (non-hydrogen) atoms. The van der Waals surface area contributed by atoms with Gasteiger partial charge in [0.25, 0.3) is 0 Å². The van der Waals surface area contributed by atoms with Crippen LogP contribution >= 0.6 is 0 Å². The number of imidazole rings is 1. The third kappa shape index (κ3) is 2.34. The van der Waals surface area contributed by atoms with E-state index < -0.39 is 0 Å². The fourth-order valence-electron chi connectivity index (χ4n) is 2.51. The lowest BCUT2D eigenvalue weighted by atomic mass is 9.99. The topological polar surface area (TPSA) is 31.9 Å². The van der Waals surface area contributed by atoms with E-state index in [0.29, 0.717) is 0 Å². The molecular weight excluding hydrogens is 210 g/mol. The Balaban J connectivity index is 1.72. The number of hydrogen-bond acceptors (Lipinski definition) is 2. The highest BCUT2D eigenvalue weighted by atomic mass is 15.2. The van der Waals surface area contributed by atoms with E-state index in [1.807, 2.05) is 12.1 Å². The molecule has 0 atom stereocenters. The minimum atomic E-state index is 0.891. The molecule has 2 heterocycles. The number of para-hydroxylation sites is 2. The van der Waals surface area contributed by atoms with Crippen LogP contribution in [0.5, 0.6) is 0 Å². The number of nitrogens with one attached hydrogen (secondary N) is 1. The molecule has 0 saturated carbocycles. The molecule has 0 aliphatic carbocycles. The van der Waals surface area contributed by atoms with Gasteiger partial charge in [0.05, 0.1) is 17.6 Å². The van der Waals surface area contributed by atoms with Crippen LogP contribution in [0.1, 0.15) is 25.6 Å². The number of likely N-dealkylation sites (tertiary alicyclic amines) is 1. The first-order valence-electron chi connectivity index (χ1n) is 6.47. The third-order valence-corrected chi connectivity index (χ3v) is 3.69. The minimum Gasteiger partial charge on any atom is -0.341 e. The summed E-state index contributed by atoms with van der Waals surface area (Å²) in [5.74, 6) is 1.99. The van der Waals surface area contributed by atoms with Crippen molar-refractivity contribution in [3.05, 3.63) is 30.1 Å². The van der Waals surface area contributed by atoms with Crippen LogP contribution in [-0.2, 0) is 6.54 Å². The molecule has 3 nitrogen and oxygen atoms in total. The maximum atomic E-state index is 4.63. The van der Waals surface area contributed by atoms with E-state index in [2.05, 4.69) is 33.9 Å². The van der Waals surface area contributed by atoms with Crippen molar-refractivity contribution >= 4 is 11.0 Å². The summed E-state index contributed by atoms with van der Waals surface area (Å²) in [6.07, 6.45) is 2.64. The predicted molar refractivity (Wildman–Crippen MR) is 69.8 cm³/mol. The van der Waals surface area contributed by atoms with Crippen LogP contribution in [0.4, 0.5) is 0 Å².